The molecule has 286 valence electrons. The van der Waals surface area contributed by atoms with Crippen molar-refractivity contribution in [2.75, 3.05) is 0 Å². The Balaban J connectivity index is 1.51. The summed E-state index contributed by atoms with van der Waals surface area (Å²) in [6.07, 6.45) is 1.55. The zero-order valence-corrected chi connectivity index (χ0v) is 31.8. The van der Waals surface area contributed by atoms with Gasteiger partial charge in [-0.05, 0) is 47.5 Å². The molecule has 0 N–H and O–H groups in total. The van der Waals surface area contributed by atoms with Gasteiger partial charge in [-0.25, -0.2) is 26.3 Å². The Kier molecular flexibility index (Phi) is 10.3. The van der Waals surface area contributed by atoms with Crippen LogP contribution in [0.1, 0.15) is 0 Å². The second-order valence-corrected chi connectivity index (χ2v) is 18.6. The molecule has 2 aromatic heterocycles. The Morgan fingerprint density at radius 1 is 0.379 bits per heavy atom. The van der Waals surface area contributed by atoms with Crippen LogP contribution >= 0.6 is 14.3 Å². The number of aromatic nitrogens is 2. The maximum Gasteiger partial charge on any atom is 0.176 e. The van der Waals surface area contributed by atoms with E-state index in [1.807, 2.05) is 0 Å². The highest BCUT2D eigenvalue weighted by Gasteiger charge is 2.41. The van der Waals surface area contributed by atoms with Gasteiger partial charge in [0.15, 0.2) is 14.3 Å². The van der Waals surface area contributed by atoms with Crippen molar-refractivity contribution in [1.82, 2.24) is 9.97 Å². The van der Waals surface area contributed by atoms with Gasteiger partial charge >= 0.3 is 0 Å². The first-order chi connectivity index (χ1) is 28.0. The van der Waals surface area contributed by atoms with Crippen molar-refractivity contribution in [2.24, 2.45) is 0 Å². The van der Waals surface area contributed by atoms with Gasteiger partial charge < -0.3 is 9.13 Å². The topological polar surface area (TPSA) is 59.9 Å². The van der Waals surface area contributed by atoms with E-state index < -0.39 is 82.0 Å². The third-order valence-corrected chi connectivity index (χ3v) is 15.9. The molecule has 0 aliphatic rings. The van der Waals surface area contributed by atoms with Crippen LogP contribution in [0.4, 0.5) is 26.3 Å². The van der Waals surface area contributed by atoms with Crippen molar-refractivity contribution in [3.63, 3.8) is 0 Å². The molecular weight excluding hydrogens is 788 g/mol. The minimum Gasteiger partial charge on any atom is -0.308 e. The van der Waals surface area contributed by atoms with E-state index >= 15 is 26.7 Å². The Morgan fingerprint density at radius 3 is 0.931 bits per heavy atom. The Bertz CT molecular complexity index is 2600. The van der Waals surface area contributed by atoms with Gasteiger partial charge in [0, 0.05) is 32.3 Å². The van der Waals surface area contributed by atoms with Gasteiger partial charge in [-0.2, -0.15) is 0 Å². The highest BCUT2D eigenvalue weighted by molar-refractivity contribution is 7.85. The highest BCUT2D eigenvalue weighted by atomic mass is 31.2. The molecule has 0 spiro atoms. The summed E-state index contributed by atoms with van der Waals surface area (Å²) in [5.74, 6) is -7.07. The van der Waals surface area contributed by atoms with E-state index in [0.717, 1.165) is 48.8 Å². The minimum atomic E-state index is -4.40. The van der Waals surface area contributed by atoms with Crippen molar-refractivity contribution >= 4 is 46.1 Å². The molecule has 2 heterocycles. The molecule has 12 heteroatoms. The number of hydrogen-bond donors (Lipinski definition) is 0. The Labute approximate surface area is 329 Å². The van der Waals surface area contributed by atoms with E-state index in [2.05, 4.69) is 9.97 Å². The Hall–Kier alpha value is -6.34. The van der Waals surface area contributed by atoms with Crippen LogP contribution in [0.5, 0.6) is 0 Å². The van der Waals surface area contributed by atoms with Crippen LogP contribution in [0.2, 0.25) is 0 Å². The molecule has 0 saturated heterocycles. The lowest BCUT2D eigenvalue weighted by Gasteiger charge is -2.26. The summed E-state index contributed by atoms with van der Waals surface area (Å²) in [4.78, 5) is 8.13. The van der Waals surface area contributed by atoms with Crippen molar-refractivity contribution in [3.8, 4) is 33.6 Å². The first kappa shape index (κ1) is 38.5. The van der Waals surface area contributed by atoms with E-state index in [9.17, 15) is 8.78 Å². The van der Waals surface area contributed by atoms with Crippen LogP contribution in [0, 0.1) is 34.9 Å². The molecule has 0 fully saturated rings. The van der Waals surface area contributed by atoms with Crippen LogP contribution in [0.15, 0.2) is 170 Å². The molecule has 0 atom stereocenters. The van der Waals surface area contributed by atoms with Crippen LogP contribution < -0.4 is 31.8 Å². The predicted octanol–water partition coefficient (Wildman–Crippen LogP) is 9.59. The van der Waals surface area contributed by atoms with E-state index in [1.54, 1.807) is 72.8 Å². The molecular formula is C46H28F6N2O2P2. The number of halogens is 6. The molecule has 0 radical (unpaired) electrons. The lowest BCUT2D eigenvalue weighted by atomic mass is 9.91. The summed E-state index contributed by atoms with van der Waals surface area (Å²) in [6, 6.07) is 36.5. The summed E-state index contributed by atoms with van der Waals surface area (Å²) in [6.45, 7) is 0. The fourth-order valence-electron chi connectivity index (χ4n) is 7.13. The first-order valence-electron chi connectivity index (χ1n) is 17.8. The van der Waals surface area contributed by atoms with Crippen molar-refractivity contribution in [1.29, 1.82) is 0 Å². The van der Waals surface area contributed by atoms with Gasteiger partial charge in [-0.3, -0.25) is 9.97 Å². The third-order valence-electron chi connectivity index (χ3n) is 9.75. The molecule has 4 nitrogen and oxygen atoms in total. The second kappa shape index (κ2) is 15.5. The first-order valence-corrected chi connectivity index (χ1v) is 21.2. The molecule has 8 rings (SSSR count). The van der Waals surface area contributed by atoms with E-state index in [-0.39, 0.29) is 32.6 Å². The quantitative estimate of drug-likeness (QED) is 0.108. The molecule has 6 aromatic carbocycles. The smallest absolute Gasteiger partial charge is 0.176 e. The van der Waals surface area contributed by atoms with Gasteiger partial charge in [0.2, 0.25) is 0 Å². The maximum atomic E-state index is 17.8. The summed E-state index contributed by atoms with van der Waals surface area (Å²) < 4.78 is 129. The average molecular weight is 817 g/mol. The number of benzene rings is 6. The van der Waals surface area contributed by atoms with Crippen LogP contribution in [-0.4, -0.2) is 9.97 Å². The van der Waals surface area contributed by atoms with Gasteiger partial charge in [0.1, 0.15) is 34.9 Å². The number of nitrogens with zero attached hydrogens (tertiary/aromatic N) is 2. The third kappa shape index (κ3) is 6.58. The van der Waals surface area contributed by atoms with Crippen molar-refractivity contribution in [3.05, 3.63) is 205 Å². The van der Waals surface area contributed by atoms with Gasteiger partial charge in [0.25, 0.3) is 0 Å². The predicted molar refractivity (Wildman–Crippen MR) is 217 cm³/mol. The largest absolute Gasteiger partial charge is 0.308 e. The van der Waals surface area contributed by atoms with Crippen LogP contribution in [0.25, 0.3) is 33.6 Å². The summed E-state index contributed by atoms with van der Waals surface area (Å²) >= 11 is 0. The van der Waals surface area contributed by atoms with Gasteiger partial charge in [0.05, 0.1) is 34.4 Å². The zero-order chi connectivity index (χ0) is 40.6. The Morgan fingerprint density at radius 2 is 0.672 bits per heavy atom. The number of hydrogen-bond acceptors (Lipinski definition) is 4. The molecule has 0 amide bonds. The van der Waals surface area contributed by atoms with Gasteiger partial charge in [-0.15, -0.1) is 0 Å². The summed E-state index contributed by atoms with van der Waals surface area (Å²) in [5, 5.41) is -1.38. The number of pyridine rings is 2. The molecule has 8 aromatic rings. The summed E-state index contributed by atoms with van der Waals surface area (Å²) in [5.41, 5.74) is -2.74. The molecule has 58 heavy (non-hydrogen) atoms. The fraction of sp³-hybridized carbons (Fsp3) is 0. The normalized spacial score (nSPS) is 11.8. The molecule has 0 aliphatic heterocycles. The fourth-order valence-corrected chi connectivity index (χ4v) is 12.6. The second-order valence-electron chi connectivity index (χ2n) is 13.2. The minimum absolute atomic E-state index is 0.0833. The van der Waals surface area contributed by atoms with Crippen molar-refractivity contribution < 1.29 is 35.5 Å². The van der Waals surface area contributed by atoms with E-state index in [0.29, 0.717) is 0 Å². The number of rotatable bonds is 9. The molecule has 0 unspecified atom stereocenters. The highest BCUT2D eigenvalue weighted by Crippen LogP contribution is 2.50. The average Bonchev–Trinajstić information content (AvgIpc) is 3.25. The molecule has 0 aliphatic carbocycles. The van der Waals surface area contributed by atoms with Crippen LogP contribution in [-0.2, 0) is 9.13 Å². The van der Waals surface area contributed by atoms with Crippen molar-refractivity contribution in [2.45, 2.75) is 0 Å². The SMILES string of the molecule is O=P(c1ccccc1)(c1ccccc1)c1c(F)cc(-c2cc(F)c(P(=O)(c3ccccc3)c3ccccc3)c(F)c2-c2ccc(F)cn2)c(-c2ccc(F)cn2)c1F. The van der Waals surface area contributed by atoms with Crippen LogP contribution in [0.3, 0.4) is 0 Å². The lowest BCUT2D eigenvalue weighted by molar-refractivity contribution is 0.575. The lowest BCUT2D eigenvalue weighted by Crippen LogP contribution is -2.31. The molecule has 0 bridgehead atoms. The zero-order valence-electron chi connectivity index (χ0n) is 30.0. The maximum absolute atomic E-state index is 17.8. The summed E-state index contributed by atoms with van der Waals surface area (Å²) in [7, 11) is -8.81. The van der Waals surface area contributed by atoms with Gasteiger partial charge in [-0.1, -0.05) is 121 Å². The monoisotopic (exact) mass is 816 g/mol. The molecule has 0 saturated carbocycles. The van der Waals surface area contributed by atoms with E-state index in [1.165, 1.54) is 48.5 Å². The standard InChI is InChI=1S/C46H28F6N2O2P2/c47-29-21-23-39(53-27-29)41-35(25-37(49)45(43(41)51)57(55,31-13-5-1-6-14-31)32-15-7-2-8-16-32)36-26-38(50)46(44(52)42(36)40-24-22-30(48)28-54-40)58(56,33-17-9-3-10-18-33)34-19-11-4-12-20-34/h1-28H. The van der Waals surface area contributed by atoms with E-state index in [4.69, 9.17) is 0 Å².